The van der Waals surface area contributed by atoms with Crippen LogP contribution >= 0.6 is 0 Å². The Kier molecular flexibility index (Phi) is 2.94. The highest BCUT2D eigenvalue weighted by Gasteiger charge is 2.21. The number of hydrogen-bond acceptors (Lipinski definition) is 5. The van der Waals surface area contributed by atoms with E-state index in [9.17, 15) is 9.59 Å². The van der Waals surface area contributed by atoms with Gasteiger partial charge in [0.1, 0.15) is 11.5 Å². The van der Waals surface area contributed by atoms with Gasteiger partial charge in [0.15, 0.2) is 0 Å². The average molecular weight is 272 g/mol. The Hall–Kier alpha value is -2.70. The number of anilines is 1. The van der Waals surface area contributed by atoms with E-state index in [1.807, 2.05) is 0 Å². The molecule has 1 amide bonds. The fourth-order valence-electron chi connectivity index (χ4n) is 2.13. The van der Waals surface area contributed by atoms with Crippen LogP contribution in [0, 0.1) is 0 Å². The van der Waals surface area contributed by atoms with Crippen molar-refractivity contribution in [1.82, 2.24) is 15.3 Å². The van der Waals surface area contributed by atoms with Crippen LogP contribution in [0.3, 0.4) is 0 Å². The molecule has 1 atom stereocenters. The summed E-state index contributed by atoms with van der Waals surface area (Å²) in [6, 6.07) is 4.79. The molecule has 7 heteroatoms. The SMILES string of the molecule is O=C1CC(Nc2cc3nc(C(=O)O)ccc3cn2)CN1. The molecule has 20 heavy (non-hydrogen) atoms. The van der Waals surface area contributed by atoms with E-state index < -0.39 is 5.97 Å². The van der Waals surface area contributed by atoms with Crippen molar-refractivity contribution in [2.45, 2.75) is 12.5 Å². The van der Waals surface area contributed by atoms with Gasteiger partial charge < -0.3 is 15.7 Å². The zero-order valence-electron chi connectivity index (χ0n) is 10.5. The molecule has 3 rings (SSSR count). The zero-order valence-corrected chi connectivity index (χ0v) is 10.5. The van der Waals surface area contributed by atoms with Gasteiger partial charge in [0, 0.05) is 30.6 Å². The molecule has 2 aromatic heterocycles. The molecule has 0 radical (unpaired) electrons. The Morgan fingerprint density at radius 2 is 2.30 bits per heavy atom. The molecule has 0 saturated carbocycles. The summed E-state index contributed by atoms with van der Waals surface area (Å²) >= 11 is 0. The summed E-state index contributed by atoms with van der Waals surface area (Å²) in [5.74, 6) is -0.479. The number of carboxylic acid groups (broad SMARTS) is 1. The van der Waals surface area contributed by atoms with Gasteiger partial charge in [-0.25, -0.2) is 14.8 Å². The number of rotatable bonds is 3. The molecule has 2 aromatic rings. The van der Waals surface area contributed by atoms with E-state index in [2.05, 4.69) is 20.6 Å². The predicted molar refractivity (Wildman–Crippen MR) is 71.5 cm³/mol. The Morgan fingerprint density at radius 3 is 3.00 bits per heavy atom. The first-order valence-corrected chi connectivity index (χ1v) is 6.15. The summed E-state index contributed by atoms with van der Waals surface area (Å²) in [7, 11) is 0. The number of aromatic carboxylic acids is 1. The van der Waals surface area contributed by atoms with Gasteiger partial charge in [0.05, 0.1) is 11.6 Å². The van der Waals surface area contributed by atoms with Crippen molar-refractivity contribution in [2.75, 3.05) is 11.9 Å². The monoisotopic (exact) mass is 272 g/mol. The Morgan fingerprint density at radius 1 is 1.45 bits per heavy atom. The largest absolute Gasteiger partial charge is 0.477 e. The van der Waals surface area contributed by atoms with Gasteiger partial charge in [-0.1, -0.05) is 0 Å². The van der Waals surface area contributed by atoms with Crippen LogP contribution in [0.25, 0.3) is 10.9 Å². The van der Waals surface area contributed by atoms with Crippen molar-refractivity contribution in [3.05, 3.63) is 30.1 Å². The molecule has 1 unspecified atom stereocenters. The van der Waals surface area contributed by atoms with Crippen LogP contribution in [0.4, 0.5) is 5.82 Å². The van der Waals surface area contributed by atoms with Crippen molar-refractivity contribution in [3.8, 4) is 0 Å². The fourth-order valence-corrected chi connectivity index (χ4v) is 2.13. The van der Waals surface area contributed by atoms with Gasteiger partial charge in [-0.05, 0) is 12.1 Å². The van der Waals surface area contributed by atoms with Crippen molar-refractivity contribution >= 4 is 28.6 Å². The maximum atomic E-state index is 11.1. The average Bonchev–Trinajstić information content (AvgIpc) is 2.83. The fraction of sp³-hybridized carbons (Fsp3) is 0.231. The topological polar surface area (TPSA) is 104 Å². The lowest BCUT2D eigenvalue weighted by atomic mass is 10.2. The van der Waals surface area contributed by atoms with Gasteiger partial charge >= 0.3 is 5.97 Å². The molecule has 1 saturated heterocycles. The number of nitrogens with one attached hydrogen (secondary N) is 2. The van der Waals surface area contributed by atoms with Crippen molar-refractivity contribution in [1.29, 1.82) is 0 Å². The first kappa shape index (κ1) is 12.3. The van der Waals surface area contributed by atoms with Gasteiger partial charge in [-0.2, -0.15) is 0 Å². The van der Waals surface area contributed by atoms with Crippen molar-refractivity contribution < 1.29 is 14.7 Å². The third-order valence-electron chi connectivity index (χ3n) is 3.12. The first-order chi connectivity index (χ1) is 9.61. The molecule has 0 bridgehead atoms. The van der Waals surface area contributed by atoms with Crippen LogP contribution in [0.1, 0.15) is 16.9 Å². The molecule has 7 nitrogen and oxygen atoms in total. The molecule has 1 aliphatic rings. The van der Waals surface area contributed by atoms with Crippen LogP contribution in [0.15, 0.2) is 24.4 Å². The summed E-state index contributed by atoms with van der Waals surface area (Å²) < 4.78 is 0. The lowest BCUT2D eigenvalue weighted by Crippen LogP contribution is -2.22. The molecule has 102 valence electrons. The molecule has 3 N–H and O–H groups in total. The number of carbonyl (C=O) groups excluding carboxylic acids is 1. The summed E-state index contributed by atoms with van der Waals surface area (Å²) in [6.07, 6.45) is 2.03. The highest BCUT2D eigenvalue weighted by molar-refractivity contribution is 5.90. The summed E-state index contributed by atoms with van der Waals surface area (Å²) in [5, 5.41) is 15.6. The minimum Gasteiger partial charge on any atom is -0.477 e. The Bertz CT molecular complexity index is 701. The van der Waals surface area contributed by atoms with Gasteiger partial charge in [-0.3, -0.25) is 4.79 Å². The standard InChI is InChI=1S/C13H12N4O3/c18-12-3-8(6-15-12)16-11-4-10-7(5-14-11)1-2-9(17-10)13(19)20/h1-2,4-5,8H,3,6H2,(H,14,16)(H,15,18)(H,19,20). The van der Waals surface area contributed by atoms with Crippen LogP contribution in [0.5, 0.6) is 0 Å². The second-order valence-electron chi connectivity index (χ2n) is 4.61. The third kappa shape index (κ3) is 2.37. The quantitative estimate of drug-likeness (QED) is 0.757. The molecule has 3 heterocycles. The molecule has 1 fully saturated rings. The summed E-state index contributed by atoms with van der Waals surface area (Å²) in [4.78, 5) is 30.3. The number of hydrogen-bond donors (Lipinski definition) is 3. The van der Waals surface area contributed by atoms with Crippen LogP contribution < -0.4 is 10.6 Å². The molecule has 0 aromatic carbocycles. The summed E-state index contributed by atoms with van der Waals surface area (Å²) in [5.41, 5.74) is 0.548. The van der Waals surface area contributed by atoms with Gasteiger partial charge in [-0.15, -0.1) is 0 Å². The van der Waals surface area contributed by atoms with Gasteiger partial charge in [0.2, 0.25) is 5.91 Å². The van der Waals surface area contributed by atoms with E-state index in [1.54, 1.807) is 18.3 Å². The smallest absolute Gasteiger partial charge is 0.354 e. The maximum absolute atomic E-state index is 11.1. The molecule has 1 aliphatic heterocycles. The van der Waals surface area contributed by atoms with E-state index in [-0.39, 0.29) is 17.6 Å². The Balaban J connectivity index is 1.88. The summed E-state index contributed by atoms with van der Waals surface area (Å²) in [6.45, 7) is 0.557. The number of pyridine rings is 2. The number of carbonyl (C=O) groups is 2. The van der Waals surface area contributed by atoms with E-state index in [4.69, 9.17) is 5.11 Å². The molecular formula is C13H12N4O3. The predicted octanol–water partition coefficient (Wildman–Crippen LogP) is 0.628. The van der Waals surface area contributed by atoms with Crippen molar-refractivity contribution in [3.63, 3.8) is 0 Å². The lowest BCUT2D eigenvalue weighted by molar-refractivity contribution is -0.119. The number of aromatic nitrogens is 2. The van der Waals surface area contributed by atoms with E-state index in [1.165, 1.54) is 6.07 Å². The number of fused-ring (bicyclic) bond motifs is 1. The van der Waals surface area contributed by atoms with Crippen LogP contribution in [-0.4, -0.2) is 39.5 Å². The van der Waals surface area contributed by atoms with Gasteiger partial charge in [0.25, 0.3) is 0 Å². The van der Waals surface area contributed by atoms with E-state index in [0.29, 0.717) is 24.3 Å². The highest BCUT2D eigenvalue weighted by Crippen LogP contribution is 2.17. The zero-order chi connectivity index (χ0) is 14.1. The first-order valence-electron chi connectivity index (χ1n) is 6.15. The molecular weight excluding hydrogens is 260 g/mol. The Labute approximate surface area is 114 Å². The highest BCUT2D eigenvalue weighted by atomic mass is 16.4. The minimum atomic E-state index is -1.07. The number of carboxylic acids is 1. The lowest BCUT2D eigenvalue weighted by Gasteiger charge is -2.11. The third-order valence-corrected chi connectivity index (χ3v) is 3.12. The van der Waals surface area contributed by atoms with E-state index >= 15 is 0 Å². The second-order valence-corrected chi connectivity index (χ2v) is 4.61. The maximum Gasteiger partial charge on any atom is 0.354 e. The number of nitrogens with zero attached hydrogens (tertiary/aromatic N) is 2. The van der Waals surface area contributed by atoms with E-state index in [0.717, 1.165) is 5.39 Å². The molecule has 0 aliphatic carbocycles. The minimum absolute atomic E-state index is 0.00453. The van der Waals surface area contributed by atoms with Crippen molar-refractivity contribution in [2.24, 2.45) is 0 Å². The normalized spacial score (nSPS) is 18.0. The molecule has 0 spiro atoms. The van der Waals surface area contributed by atoms with Crippen LogP contribution in [0.2, 0.25) is 0 Å². The number of amides is 1. The second kappa shape index (κ2) is 4.76. The van der Waals surface area contributed by atoms with Crippen LogP contribution in [-0.2, 0) is 4.79 Å².